The predicted molar refractivity (Wildman–Crippen MR) is 90.3 cm³/mol. The number of nitrogens with two attached hydrogens (primary N) is 1. The molecular weight excluding hydrogens is 290 g/mol. The number of carbonyl (C=O) groups is 1. The fraction of sp³-hybridized carbons (Fsp3) is 0.278. The third kappa shape index (κ3) is 3.46. The predicted octanol–water partition coefficient (Wildman–Crippen LogP) is 1.74. The van der Waals surface area contributed by atoms with Gasteiger partial charge in [-0.15, -0.1) is 0 Å². The molecule has 1 fully saturated rings. The molecule has 5 heteroatoms. The fourth-order valence-corrected chi connectivity index (χ4v) is 2.85. The third-order valence-electron chi connectivity index (χ3n) is 4.23. The quantitative estimate of drug-likeness (QED) is 0.906. The van der Waals surface area contributed by atoms with Crippen LogP contribution >= 0.6 is 0 Å². The number of rotatable bonds is 3. The van der Waals surface area contributed by atoms with Gasteiger partial charge in [0, 0.05) is 31.9 Å². The molecule has 1 heterocycles. The van der Waals surface area contributed by atoms with Gasteiger partial charge in [-0.25, -0.2) is 0 Å². The number of hydrogen-bond acceptors (Lipinski definition) is 4. The zero-order chi connectivity index (χ0) is 16.2. The molecule has 2 aromatic carbocycles. The molecule has 1 saturated heterocycles. The van der Waals surface area contributed by atoms with Crippen LogP contribution in [0.3, 0.4) is 0 Å². The summed E-state index contributed by atoms with van der Waals surface area (Å²) in [4.78, 5) is 16.6. The van der Waals surface area contributed by atoms with Gasteiger partial charge in [0.25, 0.3) is 0 Å². The number of aromatic hydroxyl groups is 1. The van der Waals surface area contributed by atoms with Crippen LogP contribution in [-0.4, -0.2) is 42.1 Å². The van der Waals surface area contributed by atoms with Crippen molar-refractivity contribution in [2.45, 2.75) is 6.04 Å². The van der Waals surface area contributed by atoms with Crippen molar-refractivity contribution in [3.05, 3.63) is 60.2 Å². The summed E-state index contributed by atoms with van der Waals surface area (Å²) in [6, 6.07) is 16.0. The summed E-state index contributed by atoms with van der Waals surface area (Å²) in [5.41, 5.74) is 8.00. The van der Waals surface area contributed by atoms with E-state index in [4.69, 9.17) is 5.73 Å². The molecule has 0 radical (unpaired) electrons. The lowest BCUT2D eigenvalue weighted by Gasteiger charge is -2.37. The Kier molecular flexibility index (Phi) is 4.48. The van der Waals surface area contributed by atoms with Crippen molar-refractivity contribution < 1.29 is 9.90 Å². The van der Waals surface area contributed by atoms with Gasteiger partial charge >= 0.3 is 0 Å². The second kappa shape index (κ2) is 6.71. The first-order valence-electron chi connectivity index (χ1n) is 7.78. The van der Waals surface area contributed by atoms with E-state index in [9.17, 15) is 9.90 Å². The number of piperazine rings is 1. The SMILES string of the molecule is NC(C(=O)N1CCN(c2ccc(O)cc2)CC1)c1ccccc1. The van der Waals surface area contributed by atoms with Gasteiger partial charge in [0.05, 0.1) is 0 Å². The molecule has 0 saturated carbocycles. The summed E-state index contributed by atoms with van der Waals surface area (Å²) in [5, 5.41) is 9.35. The molecule has 1 unspecified atom stereocenters. The van der Waals surface area contributed by atoms with Crippen molar-refractivity contribution >= 4 is 11.6 Å². The van der Waals surface area contributed by atoms with Crippen molar-refractivity contribution in [2.75, 3.05) is 31.1 Å². The van der Waals surface area contributed by atoms with E-state index in [1.165, 1.54) is 0 Å². The van der Waals surface area contributed by atoms with E-state index in [1.54, 1.807) is 12.1 Å². The second-order valence-corrected chi connectivity index (χ2v) is 5.72. The van der Waals surface area contributed by atoms with Gasteiger partial charge < -0.3 is 20.6 Å². The van der Waals surface area contributed by atoms with Crippen molar-refractivity contribution in [2.24, 2.45) is 5.73 Å². The van der Waals surface area contributed by atoms with Gasteiger partial charge in [-0.2, -0.15) is 0 Å². The van der Waals surface area contributed by atoms with E-state index < -0.39 is 6.04 Å². The smallest absolute Gasteiger partial charge is 0.244 e. The maximum atomic E-state index is 12.5. The molecule has 5 nitrogen and oxygen atoms in total. The van der Waals surface area contributed by atoms with Crippen molar-refractivity contribution in [1.29, 1.82) is 0 Å². The second-order valence-electron chi connectivity index (χ2n) is 5.72. The molecule has 3 N–H and O–H groups in total. The van der Waals surface area contributed by atoms with E-state index in [2.05, 4.69) is 4.90 Å². The maximum Gasteiger partial charge on any atom is 0.244 e. The molecule has 0 spiro atoms. The minimum atomic E-state index is -0.601. The normalized spacial score (nSPS) is 16.2. The van der Waals surface area contributed by atoms with E-state index in [0.29, 0.717) is 13.1 Å². The Bertz CT molecular complexity index is 650. The summed E-state index contributed by atoms with van der Waals surface area (Å²) < 4.78 is 0. The number of carbonyl (C=O) groups excluding carboxylic acids is 1. The van der Waals surface area contributed by atoms with E-state index >= 15 is 0 Å². The topological polar surface area (TPSA) is 69.8 Å². The van der Waals surface area contributed by atoms with Crippen LogP contribution in [0.5, 0.6) is 5.75 Å². The lowest BCUT2D eigenvalue weighted by atomic mass is 10.1. The first kappa shape index (κ1) is 15.4. The maximum absolute atomic E-state index is 12.5. The lowest BCUT2D eigenvalue weighted by molar-refractivity contribution is -0.133. The van der Waals surface area contributed by atoms with Crippen molar-refractivity contribution in [3.63, 3.8) is 0 Å². The minimum Gasteiger partial charge on any atom is -0.508 e. The van der Waals surface area contributed by atoms with Crippen LogP contribution in [0.2, 0.25) is 0 Å². The Balaban J connectivity index is 1.60. The summed E-state index contributed by atoms with van der Waals surface area (Å²) in [6.07, 6.45) is 0. The largest absolute Gasteiger partial charge is 0.508 e. The third-order valence-corrected chi connectivity index (χ3v) is 4.23. The van der Waals surface area contributed by atoms with Crippen molar-refractivity contribution in [3.8, 4) is 5.75 Å². The van der Waals surface area contributed by atoms with Gasteiger partial charge in [-0.05, 0) is 29.8 Å². The number of nitrogens with zero attached hydrogens (tertiary/aromatic N) is 2. The van der Waals surface area contributed by atoms with Gasteiger partial charge in [0.2, 0.25) is 5.91 Å². The summed E-state index contributed by atoms with van der Waals surface area (Å²) in [5.74, 6) is 0.234. The van der Waals surface area contributed by atoms with Gasteiger partial charge in [0.1, 0.15) is 11.8 Å². The molecule has 0 bridgehead atoms. The molecule has 1 amide bonds. The highest BCUT2D eigenvalue weighted by molar-refractivity contribution is 5.83. The van der Waals surface area contributed by atoms with E-state index in [0.717, 1.165) is 24.3 Å². The number of hydrogen-bond donors (Lipinski definition) is 2. The fourth-order valence-electron chi connectivity index (χ4n) is 2.85. The van der Waals surface area contributed by atoms with Crippen molar-refractivity contribution in [1.82, 2.24) is 4.90 Å². The van der Waals surface area contributed by atoms with Crippen LogP contribution in [-0.2, 0) is 4.79 Å². The Labute approximate surface area is 135 Å². The molecule has 1 aliphatic rings. The lowest BCUT2D eigenvalue weighted by Crippen LogP contribution is -2.51. The standard InChI is InChI=1S/C18H21N3O2/c19-17(14-4-2-1-3-5-14)18(23)21-12-10-20(11-13-21)15-6-8-16(22)9-7-15/h1-9,17,22H,10-13,19H2. The highest BCUT2D eigenvalue weighted by Gasteiger charge is 2.26. The summed E-state index contributed by atoms with van der Waals surface area (Å²) in [7, 11) is 0. The molecule has 1 atom stereocenters. The molecule has 23 heavy (non-hydrogen) atoms. The zero-order valence-electron chi connectivity index (χ0n) is 12.9. The molecule has 120 valence electrons. The van der Waals surface area contributed by atoms with Crippen LogP contribution in [0.1, 0.15) is 11.6 Å². The van der Waals surface area contributed by atoms with Gasteiger partial charge in [0.15, 0.2) is 0 Å². The van der Waals surface area contributed by atoms with Crippen LogP contribution in [0.4, 0.5) is 5.69 Å². The Hall–Kier alpha value is -2.53. The first-order valence-corrected chi connectivity index (χ1v) is 7.78. The molecule has 3 rings (SSSR count). The van der Waals surface area contributed by atoms with Gasteiger partial charge in [-0.1, -0.05) is 30.3 Å². The number of benzene rings is 2. The van der Waals surface area contributed by atoms with Crippen LogP contribution in [0.15, 0.2) is 54.6 Å². The summed E-state index contributed by atoms with van der Waals surface area (Å²) >= 11 is 0. The molecule has 1 aliphatic heterocycles. The number of phenolic OH excluding ortho intramolecular Hbond substituents is 1. The Morgan fingerprint density at radius 3 is 2.17 bits per heavy atom. The van der Waals surface area contributed by atoms with Gasteiger partial charge in [-0.3, -0.25) is 4.79 Å². The monoisotopic (exact) mass is 311 g/mol. The molecule has 0 aliphatic carbocycles. The first-order chi connectivity index (χ1) is 11.1. The number of amides is 1. The highest BCUT2D eigenvalue weighted by atomic mass is 16.3. The van der Waals surface area contributed by atoms with Crippen LogP contribution < -0.4 is 10.6 Å². The average molecular weight is 311 g/mol. The number of phenols is 1. The van der Waals surface area contributed by atoms with E-state index in [-0.39, 0.29) is 11.7 Å². The van der Waals surface area contributed by atoms with Crippen LogP contribution in [0, 0.1) is 0 Å². The average Bonchev–Trinajstić information content (AvgIpc) is 2.62. The summed E-state index contributed by atoms with van der Waals surface area (Å²) in [6.45, 7) is 2.83. The molecule has 2 aromatic rings. The molecular formula is C18H21N3O2. The van der Waals surface area contributed by atoms with Crippen LogP contribution in [0.25, 0.3) is 0 Å². The zero-order valence-corrected chi connectivity index (χ0v) is 12.9. The Morgan fingerprint density at radius 1 is 0.957 bits per heavy atom. The Morgan fingerprint density at radius 2 is 1.57 bits per heavy atom. The number of anilines is 1. The van der Waals surface area contributed by atoms with E-state index in [1.807, 2.05) is 47.4 Å². The minimum absolute atomic E-state index is 0.0263. The molecule has 0 aromatic heterocycles. The highest BCUT2D eigenvalue weighted by Crippen LogP contribution is 2.21.